The first-order valence-corrected chi connectivity index (χ1v) is 8.56. The fraction of sp³-hybridized carbons (Fsp3) is 0.278. The number of carbonyl (C=O) groups is 1. The predicted molar refractivity (Wildman–Crippen MR) is 96.3 cm³/mol. The predicted octanol–water partition coefficient (Wildman–Crippen LogP) is 3.11. The molecule has 28 heavy (non-hydrogen) atoms. The van der Waals surface area contributed by atoms with Gasteiger partial charge in [0.1, 0.15) is 24.0 Å². The quantitative estimate of drug-likeness (QED) is 0.638. The van der Waals surface area contributed by atoms with Crippen LogP contribution in [0.1, 0.15) is 17.3 Å². The Morgan fingerprint density at radius 3 is 2.89 bits per heavy atom. The Kier molecular flexibility index (Phi) is 4.33. The summed E-state index contributed by atoms with van der Waals surface area (Å²) in [5.41, 5.74) is 2.37. The lowest BCUT2D eigenvalue weighted by atomic mass is 10.0. The molecule has 0 fully saturated rings. The molecule has 1 aliphatic rings. The van der Waals surface area contributed by atoms with Gasteiger partial charge in [-0.3, -0.25) is 4.79 Å². The maximum Gasteiger partial charge on any atom is 0.408 e. The van der Waals surface area contributed by atoms with E-state index >= 15 is 0 Å². The minimum atomic E-state index is -4.40. The molecule has 4 rings (SSSR count). The van der Waals surface area contributed by atoms with Gasteiger partial charge in [-0.15, -0.1) is 0 Å². The van der Waals surface area contributed by atoms with Crippen LogP contribution in [-0.4, -0.2) is 46.2 Å². The van der Waals surface area contributed by atoms with Crippen molar-refractivity contribution in [3.63, 3.8) is 0 Å². The Morgan fingerprint density at radius 1 is 1.29 bits per heavy atom. The molecule has 0 saturated heterocycles. The minimum absolute atomic E-state index is 0.118. The molecule has 1 atom stereocenters. The Bertz CT molecular complexity index is 1050. The van der Waals surface area contributed by atoms with E-state index in [-0.39, 0.29) is 11.9 Å². The number of aromatic nitrogens is 3. The van der Waals surface area contributed by atoms with Gasteiger partial charge in [0.2, 0.25) is 5.95 Å². The first-order chi connectivity index (χ1) is 13.3. The number of ether oxygens (including phenoxy) is 1. The van der Waals surface area contributed by atoms with E-state index in [1.807, 2.05) is 0 Å². The number of rotatable bonds is 3. The summed E-state index contributed by atoms with van der Waals surface area (Å²) >= 11 is 0. The summed E-state index contributed by atoms with van der Waals surface area (Å²) in [6.45, 7) is 1.79. The Hall–Kier alpha value is -3.30. The van der Waals surface area contributed by atoms with Gasteiger partial charge >= 0.3 is 6.18 Å². The average Bonchev–Trinajstić information content (AvgIpc) is 2.98. The number of fused-ring (bicyclic) bond motifs is 2. The number of halogens is 3. The zero-order valence-electron chi connectivity index (χ0n) is 14.7. The molecule has 0 saturated carbocycles. The second kappa shape index (κ2) is 6.70. The number of alkyl halides is 3. The number of carbonyl (C=O) groups excluding carboxylic acids is 1. The van der Waals surface area contributed by atoms with Crippen LogP contribution in [0.4, 0.5) is 19.1 Å². The number of amides is 1. The molecule has 0 bridgehead atoms. The lowest BCUT2D eigenvalue weighted by Crippen LogP contribution is -2.33. The Morgan fingerprint density at radius 2 is 2.11 bits per heavy atom. The second-order valence-electron chi connectivity index (χ2n) is 6.38. The van der Waals surface area contributed by atoms with Crippen molar-refractivity contribution in [3.8, 4) is 16.9 Å². The topological polar surface area (TPSA) is 91.9 Å². The summed E-state index contributed by atoms with van der Waals surface area (Å²) in [6, 6.07) is 3.42. The number of aromatic amines is 1. The normalized spacial score (nSPS) is 15.4. The SMILES string of the molecule is C[C@@H](Nc1ncc2c(-c3ccc4c(c3)OCCNC4=O)c[nH]c2n1)C(F)(F)F. The molecule has 3 N–H and O–H groups in total. The maximum atomic E-state index is 12.7. The molecule has 0 unspecified atom stereocenters. The second-order valence-corrected chi connectivity index (χ2v) is 6.38. The molecule has 1 amide bonds. The van der Waals surface area contributed by atoms with Crippen LogP contribution in [-0.2, 0) is 0 Å². The highest BCUT2D eigenvalue weighted by Gasteiger charge is 2.36. The van der Waals surface area contributed by atoms with Crippen molar-refractivity contribution >= 4 is 22.9 Å². The minimum Gasteiger partial charge on any atom is -0.491 e. The van der Waals surface area contributed by atoms with Crippen LogP contribution in [0.5, 0.6) is 5.75 Å². The Labute approximate surface area is 157 Å². The van der Waals surface area contributed by atoms with Gasteiger partial charge in [0, 0.05) is 23.3 Å². The molecule has 10 heteroatoms. The molecule has 0 radical (unpaired) electrons. The highest BCUT2D eigenvalue weighted by Crippen LogP contribution is 2.33. The number of benzene rings is 1. The van der Waals surface area contributed by atoms with Gasteiger partial charge in [-0.25, -0.2) is 4.98 Å². The third-order valence-electron chi connectivity index (χ3n) is 4.45. The molecular weight excluding hydrogens is 375 g/mol. The lowest BCUT2D eigenvalue weighted by molar-refractivity contribution is -0.138. The largest absolute Gasteiger partial charge is 0.491 e. The molecule has 0 aliphatic carbocycles. The van der Waals surface area contributed by atoms with Crippen LogP contribution in [0.15, 0.2) is 30.6 Å². The van der Waals surface area contributed by atoms with Crippen molar-refractivity contribution in [1.29, 1.82) is 0 Å². The van der Waals surface area contributed by atoms with Crippen molar-refractivity contribution in [2.75, 3.05) is 18.5 Å². The first-order valence-electron chi connectivity index (χ1n) is 8.56. The summed E-state index contributed by atoms with van der Waals surface area (Å²) in [7, 11) is 0. The van der Waals surface area contributed by atoms with Crippen LogP contribution >= 0.6 is 0 Å². The van der Waals surface area contributed by atoms with E-state index in [1.54, 1.807) is 24.4 Å². The van der Waals surface area contributed by atoms with Crippen molar-refractivity contribution in [2.24, 2.45) is 0 Å². The van der Waals surface area contributed by atoms with E-state index < -0.39 is 12.2 Å². The molecular formula is C18H16F3N5O2. The van der Waals surface area contributed by atoms with E-state index in [2.05, 4.69) is 25.6 Å². The zero-order chi connectivity index (χ0) is 19.9. The summed E-state index contributed by atoms with van der Waals surface area (Å²) < 4.78 is 43.7. The van der Waals surface area contributed by atoms with Crippen LogP contribution < -0.4 is 15.4 Å². The summed E-state index contributed by atoms with van der Waals surface area (Å²) in [5.74, 6) is 0.156. The van der Waals surface area contributed by atoms with Gasteiger partial charge in [0.05, 0.1) is 12.1 Å². The van der Waals surface area contributed by atoms with Crippen LogP contribution in [0.2, 0.25) is 0 Å². The highest BCUT2D eigenvalue weighted by atomic mass is 19.4. The third kappa shape index (κ3) is 3.32. The standard InChI is InChI=1S/C18H16F3N5O2/c1-9(18(19,20)21)25-17-24-8-13-12(7-23-15(13)26-17)10-2-3-11-14(6-10)28-5-4-22-16(11)27/h2-3,6-9H,4-5H2,1H3,(H,22,27)(H2,23,24,25,26)/t9-/m1/s1. The maximum absolute atomic E-state index is 12.7. The molecule has 7 nitrogen and oxygen atoms in total. The van der Waals surface area contributed by atoms with Crippen LogP contribution in [0.25, 0.3) is 22.2 Å². The van der Waals surface area contributed by atoms with Crippen molar-refractivity contribution in [1.82, 2.24) is 20.3 Å². The van der Waals surface area contributed by atoms with Gasteiger partial charge in [0.25, 0.3) is 5.91 Å². The van der Waals surface area contributed by atoms with Gasteiger partial charge in [-0.05, 0) is 24.6 Å². The van der Waals surface area contributed by atoms with Crippen LogP contribution in [0, 0.1) is 0 Å². The van der Waals surface area contributed by atoms with Crippen molar-refractivity contribution in [2.45, 2.75) is 19.1 Å². The monoisotopic (exact) mass is 391 g/mol. The van der Waals surface area contributed by atoms with Crippen molar-refractivity contribution < 1.29 is 22.7 Å². The number of H-pyrrole nitrogens is 1. The zero-order valence-corrected chi connectivity index (χ0v) is 14.7. The molecule has 3 aromatic rings. The number of hydrogen-bond acceptors (Lipinski definition) is 5. The molecule has 146 valence electrons. The third-order valence-corrected chi connectivity index (χ3v) is 4.45. The summed E-state index contributed by atoms with van der Waals surface area (Å²) in [5, 5.41) is 5.63. The lowest BCUT2D eigenvalue weighted by Gasteiger charge is -2.16. The summed E-state index contributed by atoms with van der Waals surface area (Å²) in [6.07, 6.45) is -1.25. The Balaban J connectivity index is 1.67. The van der Waals surface area contributed by atoms with E-state index in [1.165, 1.54) is 6.20 Å². The fourth-order valence-electron chi connectivity index (χ4n) is 2.91. The average molecular weight is 391 g/mol. The molecule has 2 aromatic heterocycles. The van der Waals surface area contributed by atoms with Crippen molar-refractivity contribution in [3.05, 3.63) is 36.2 Å². The van der Waals surface area contributed by atoms with E-state index in [0.717, 1.165) is 18.1 Å². The molecule has 1 aliphatic heterocycles. The summed E-state index contributed by atoms with van der Waals surface area (Å²) in [4.78, 5) is 23.1. The highest BCUT2D eigenvalue weighted by molar-refractivity contribution is 5.99. The van der Waals surface area contributed by atoms with Gasteiger partial charge in [-0.2, -0.15) is 18.2 Å². The van der Waals surface area contributed by atoms with E-state index in [0.29, 0.717) is 35.5 Å². The van der Waals surface area contributed by atoms with Gasteiger partial charge < -0.3 is 20.4 Å². The van der Waals surface area contributed by atoms with Gasteiger partial charge in [0.15, 0.2) is 0 Å². The van der Waals surface area contributed by atoms with Gasteiger partial charge in [-0.1, -0.05) is 6.07 Å². The van der Waals surface area contributed by atoms with Crippen LogP contribution in [0.3, 0.4) is 0 Å². The number of hydrogen-bond donors (Lipinski definition) is 3. The molecule has 0 spiro atoms. The molecule has 1 aromatic carbocycles. The first kappa shape index (κ1) is 18.1. The number of nitrogens with zero attached hydrogens (tertiary/aromatic N) is 2. The number of nitrogens with one attached hydrogen (secondary N) is 3. The van der Waals surface area contributed by atoms with E-state index in [4.69, 9.17) is 4.74 Å². The molecule has 3 heterocycles. The smallest absolute Gasteiger partial charge is 0.408 e. The van der Waals surface area contributed by atoms with E-state index in [9.17, 15) is 18.0 Å². The number of anilines is 1. The fourth-order valence-corrected chi connectivity index (χ4v) is 2.91.